The molecule has 2 bridgehead atoms. The van der Waals surface area contributed by atoms with Gasteiger partial charge in [0.2, 0.25) is 17.8 Å². The molecule has 5 heterocycles. The molecule has 4 aliphatic heterocycles. The lowest BCUT2D eigenvalue weighted by molar-refractivity contribution is -0.134. The number of carbonyl (C=O) groups excluding carboxylic acids is 3. The Balaban J connectivity index is 0.793. The molecule has 4 fully saturated rings. The Labute approximate surface area is 491 Å². The van der Waals surface area contributed by atoms with E-state index in [0.717, 1.165) is 74.5 Å². The number of sulfonamides is 1. The van der Waals surface area contributed by atoms with Crippen LogP contribution >= 0.6 is 23.4 Å². The number of alkyl halides is 3. The number of hydrogen-bond acceptors (Lipinski definition) is 14. The molecule has 15 nitrogen and oxygen atoms in total. The van der Waals surface area contributed by atoms with E-state index in [4.69, 9.17) is 11.6 Å². The summed E-state index contributed by atoms with van der Waals surface area (Å²) in [4.78, 5) is 49.7. The normalized spacial score (nSPS) is 21.4. The van der Waals surface area contributed by atoms with E-state index in [-0.39, 0.29) is 47.7 Å². The van der Waals surface area contributed by atoms with E-state index < -0.39 is 70.6 Å². The van der Waals surface area contributed by atoms with Crippen molar-refractivity contribution in [3.63, 3.8) is 0 Å². The van der Waals surface area contributed by atoms with Crippen molar-refractivity contribution in [3.05, 3.63) is 148 Å². The van der Waals surface area contributed by atoms with Crippen LogP contribution in [0.25, 0.3) is 5.57 Å². The zero-order valence-electron chi connectivity index (χ0n) is 46.1. The summed E-state index contributed by atoms with van der Waals surface area (Å²) in [7, 11) is -11.1. The topological polar surface area (TPSA) is 181 Å². The first-order chi connectivity index (χ1) is 39.5. The van der Waals surface area contributed by atoms with Crippen LogP contribution in [-0.4, -0.2) is 136 Å². The third-order valence-corrected chi connectivity index (χ3v) is 21.0. The maximum Gasteiger partial charge on any atom is 0.501 e. The predicted octanol–water partition coefficient (Wildman–Crippen LogP) is 9.90. The van der Waals surface area contributed by atoms with Gasteiger partial charge in [-0.2, -0.15) is 17.6 Å². The van der Waals surface area contributed by atoms with Gasteiger partial charge in [-0.15, -0.1) is 11.8 Å². The van der Waals surface area contributed by atoms with Crippen molar-refractivity contribution < 1.29 is 48.8 Å². The lowest BCUT2D eigenvalue weighted by atomic mass is 9.73. The minimum Gasteiger partial charge on any atom is -0.380 e. The second-order valence-corrected chi connectivity index (χ2v) is 28.2. The number of pyridine rings is 1. The van der Waals surface area contributed by atoms with Gasteiger partial charge in [-0.25, -0.2) is 26.5 Å². The number of nitrogens with one attached hydrogen (secondary N) is 3. The summed E-state index contributed by atoms with van der Waals surface area (Å²) < 4.78 is 115. The number of aromatic nitrogens is 1. The highest BCUT2D eigenvalue weighted by Gasteiger charge is 2.49. The number of allylic oxidation sites excluding steroid dienone is 1. The van der Waals surface area contributed by atoms with Crippen LogP contribution in [-0.2, 0) is 36.0 Å². The van der Waals surface area contributed by atoms with Crippen LogP contribution in [0, 0.1) is 11.4 Å². The number of amides is 3. The molecule has 10 rings (SSSR count). The third-order valence-electron chi connectivity index (χ3n) is 16.7. The number of likely N-dealkylation sites (tertiary alicyclic amines) is 1. The molecule has 0 radical (unpaired) electrons. The Kier molecular flexibility index (Phi) is 18.1. The van der Waals surface area contributed by atoms with Gasteiger partial charge in [0, 0.05) is 122 Å². The monoisotopic (exact) mass is 1220 g/mol. The predicted molar refractivity (Wildman–Crippen MR) is 313 cm³/mol. The number of halogens is 5. The molecule has 5 aromatic rings. The van der Waals surface area contributed by atoms with Gasteiger partial charge >= 0.3 is 5.51 Å². The quantitative estimate of drug-likeness (QED) is 0.0308. The number of carbonyl (C=O) groups is 3. The molecular formula is C60H67ClF4N8O7S3. The zero-order chi connectivity index (χ0) is 58.8. The van der Waals surface area contributed by atoms with Crippen molar-refractivity contribution in [2.45, 2.75) is 116 Å². The van der Waals surface area contributed by atoms with Gasteiger partial charge < -0.3 is 15.1 Å². The highest BCUT2D eigenvalue weighted by molar-refractivity contribution is 7.99. The Morgan fingerprint density at radius 1 is 0.855 bits per heavy atom. The van der Waals surface area contributed by atoms with Crippen LogP contribution in [0.4, 0.5) is 28.9 Å². The second-order valence-electron chi connectivity index (χ2n) is 23.1. The average Bonchev–Trinajstić information content (AvgIpc) is 3.34. The average molecular weight is 1220 g/mol. The number of thioether (sulfide) groups is 1. The van der Waals surface area contributed by atoms with E-state index in [1.807, 2.05) is 47.2 Å². The Hall–Kier alpha value is -5.88. The standard InChI is InChI=1S/C60H67ClF4N8O7S3/c1-59(2)24-22-51(39-8-12-44(61)13-9-39)43(32-59)34-70-26-28-72(29-27-70)46-14-10-40(11-15-46)57(75)69-83(79,80)50-18-20-53(54(31-50)82(77,78)60(63,64)65)67-45(38-81-49-6-4-3-5-7-49)23-25-71-36-47-16-17-48(37-71)73(47)35-42-30-41(33-66-56(42)62)52-19-21-55(74)68-58(52)76/h3-15,18,20,30-31,33,45,47-48,52,67H,16-17,19,21-29,32,34-38H2,1-2H3,(H,69,75)(H,68,74,76)/t45-,47?,48?,52?/m1/s1. The van der Waals surface area contributed by atoms with Crippen molar-refractivity contribution in [2.75, 3.05) is 68.3 Å². The summed E-state index contributed by atoms with van der Waals surface area (Å²) in [6.45, 7) is 10.4. The van der Waals surface area contributed by atoms with Gasteiger partial charge in [0.05, 0.1) is 16.5 Å². The number of benzene rings is 4. The molecule has 83 heavy (non-hydrogen) atoms. The van der Waals surface area contributed by atoms with E-state index in [1.165, 1.54) is 46.8 Å². The van der Waals surface area contributed by atoms with Gasteiger partial charge in [0.1, 0.15) is 4.90 Å². The Bertz CT molecular complexity index is 3470. The van der Waals surface area contributed by atoms with Crippen molar-refractivity contribution >= 4 is 77.9 Å². The van der Waals surface area contributed by atoms with Gasteiger partial charge in [-0.1, -0.05) is 61.4 Å². The van der Waals surface area contributed by atoms with E-state index in [1.54, 1.807) is 18.2 Å². The van der Waals surface area contributed by atoms with Crippen LogP contribution in [0.3, 0.4) is 0 Å². The molecule has 0 spiro atoms. The van der Waals surface area contributed by atoms with Gasteiger partial charge in [0.15, 0.2) is 0 Å². The number of nitrogens with zero attached hydrogens (tertiary/aromatic N) is 5. The molecule has 3 amide bonds. The third kappa shape index (κ3) is 14.3. The first-order valence-electron chi connectivity index (χ1n) is 28.0. The largest absolute Gasteiger partial charge is 0.501 e. The zero-order valence-corrected chi connectivity index (χ0v) is 49.3. The van der Waals surface area contributed by atoms with Crippen molar-refractivity contribution in [2.24, 2.45) is 5.41 Å². The van der Waals surface area contributed by atoms with Crippen LogP contribution < -0.4 is 20.3 Å². The summed E-state index contributed by atoms with van der Waals surface area (Å²) in [6, 6.07) is 27.1. The lowest BCUT2D eigenvalue weighted by Gasteiger charge is -2.41. The SMILES string of the molecule is CC1(C)CCC(c2ccc(Cl)cc2)=C(CN2CCN(c3ccc(C(=O)NS(=O)(=O)c4ccc(N[C@H](CCN5CC6CCC(C5)N6Cc5cc(C6CCC(=O)NC6=O)cnc5F)CSc5ccccc5)c(S(=O)(=O)C(F)(F)F)c4)cc3)CC2)C1. The second kappa shape index (κ2) is 25.0. The number of piperidine rings is 1. The first kappa shape index (κ1) is 60.2. The van der Waals surface area contributed by atoms with Crippen molar-refractivity contribution in [1.82, 2.24) is 29.7 Å². The summed E-state index contributed by atoms with van der Waals surface area (Å²) in [6.07, 6.45) is 6.92. The van der Waals surface area contributed by atoms with Crippen LogP contribution in [0.5, 0.6) is 0 Å². The minimum atomic E-state index is -6.16. The smallest absolute Gasteiger partial charge is 0.380 e. The van der Waals surface area contributed by atoms with Crippen LogP contribution in [0.15, 0.2) is 130 Å². The van der Waals surface area contributed by atoms with E-state index in [2.05, 4.69) is 61.2 Å². The fraction of sp³-hybridized carbons (Fsp3) is 0.433. The van der Waals surface area contributed by atoms with Gasteiger partial charge in [-0.05, 0) is 140 Å². The Morgan fingerprint density at radius 3 is 2.23 bits per heavy atom. The minimum absolute atomic E-state index is 0.0292. The Morgan fingerprint density at radius 2 is 1.55 bits per heavy atom. The molecule has 23 heteroatoms. The van der Waals surface area contributed by atoms with Gasteiger partial charge in [-0.3, -0.25) is 29.5 Å². The summed E-state index contributed by atoms with van der Waals surface area (Å²) in [5, 5.41) is 6.09. The molecule has 0 saturated carbocycles. The molecular weight excluding hydrogens is 1150 g/mol. The summed E-state index contributed by atoms with van der Waals surface area (Å²) in [5.74, 6) is -2.83. The van der Waals surface area contributed by atoms with Crippen molar-refractivity contribution in [1.29, 1.82) is 0 Å². The highest BCUT2D eigenvalue weighted by atomic mass is 35.5. The van der Waals surface area contributed by atoms with Crippen molar-refractivity contribution in [3.8, 4) is 0 Å². The van der Waals surface area contributed by atoms with E-state index in [9.17, 15) is 44.4 Å². The number of piperazine rings is 2. The number of hydrogen-bond donors (Lipinski definition) is 3. The molecule has 4 atom stereocenters. The number of fused-ring (bicyclic) bond motifs is 2. The molecule has 1 aromatic heterocycles. The van der Waals surface area contributed by atoms with E-state index in [0.29, 0.717) is 67.8 Å². The van der Waals surface area contributed by atoms with Gasteiger partial charge in [0.25, 0.3) is 25.8 Å². The van der Waals surface area contributed by atoms with Crippen LogP contribution in [0.1, 0.15) is 98.2 Å². The number of imide groups is 1. The number of anilines is 2. The van der Waals surface area contributed by atoms with E-state index >= 15 is 4.39 Å². The molecule has 3 N–H and O–H groups in total. The maximum absolute atomic E-state index is 15.2. The highest BCUT2D eigenvalue weighted by Crippen LogP contribution is 2.43. The number of sulfone groups is 1. The molecule has 3 unspecified atom stereocenters. The summed E-state index contributed by atoms with van der Waals surface area (Å²) in [5.41, 5.74) is -0.389. The fourth-order valence-electron chi connectivity index (χ4n) is 12.2. The molecule has 1 aliphatic carbocycles. The number of rotatable bonds is 19. The first-order valence-corrected chi connectivity index (χ1v) is 32.3. The molecule has 442 valence electrons. The maximum atomic E-state index is 15.2. The van der Waals surface area contributed by atoms with Crippen LogP contribution in [0.2, 0.25) is 5.02 Å². The fourth-order valence-corrected chi connectivity index (χ4v) is 15.3. The summed E-state index contributed by atoms with van der Waals surface area (Å²) >= 11 is 7.62. The molecule has 5 aliphatic rings. The molecule has 4 saturated heterocycles. The molecule has 4 aromatic carbocycles. The lowest BCUT2D eigenvalue weighted by Crippen LogP contribution is -2.53.